The molecule has 0 bridgehead atoms. The zero-order chi connectivity index (χ0) is 20.0. The van der Waals surface area contributed by atoms with Crippen molar-refractivity contribution in [3.8, 4) is 5.88 Å². The molecule has 146 valence electrons. The molecular formula is C16H21N5O5S. The second-order valence-corrected chi connectivity index (χ2v) is 6.42. The predicted molar refractivity (Wildman–Crippen MR) is 97.8 cm³/mol. The summed E-state index contributed by atoms with van der Waals surface area (Å²) in [6.07, 6.45) is 1.57. The van der Waals surface area contributed by atoms with Gasteiger partial charge in [-0.1, -0.05) is 0 Å². The van der Waals surface area contributed by atoms with Gasteiger partial charge in [0.2, 0.25) is 11.8 Å². The highest BCUT2D eigenvalue weighted by Crippen LogP contribution is 2.18. The minimum absolute atomic E-state index is 0.0411. The number of hydrogen-bond donors (Lipinski definition) is 1. The SMILES string of the molecule is CCOC(=O)Cc1csc(NC(=O)CN(C)C(=O)c2cn(C)nc2OC)n1. The lowest BCUT2D eigenvalue weighted by Gasteiger charge is -2.15. The van der Waals surface area contributed by atoms with Gasteiger partial charge in [0.15, 0.2) is 5.13 Å². The van der Waals surface area contributed by atoms with Crippen molar-refractivity contribution in [2.24, 2.45) is 7.05 Å². The molecule has 0 aliphatic rings. The molecule has 0 aromatic carbocycles. The quantitative estimate of drug-likeness (QED) is 0.654. The van der Waals surface area contributed by atoms with E-state index in [0.717, 1.165) is 0 Å². The molecule has 2 aromatic rings. The number of methoxy groups -OCH3 is 1. The Morgan fingerprint density at radius 1 is 1.37 bits per heavy atom. The molecule has 2 amide bonds. The second-order valence-electron chi connectivity index (χ2n) is 5.56. The maximum atomic E-state index is 12.5. The van der Waals surface area contributed by atoms with Gasteiger partial charge in [0, 0.05) is 25.7 Å². The van der Waals surface area contributed by atoms with E-state index < -0.39 is 11.8 Å². The maximum absolute atomic E-state index is 12.5. The lowest BCUT2D eigenvalue weighted by Crippen LogP contribution is -2.35. The number of ether oxygens (including phenoxy) is 2. The number of esters is 1. The lowest BCUT2D eigenvalue weighted by atomic mass is 10.3. The standard InChI is InChI=1S/C16H21N5O5S/c1-5-26-13(23)6-10-9-27-16(17-10)18-12(22)8-20(2)15(24)11-7-21(3)19-14(11)25-4/h7,9H,5-6,8H2,1-4H3,(H,17,18,22). The Morgan fingerprint density at radius 2 is 2.11 bits per heavy atom. The molecular weight excluding hydrogens is 374 g/mol. The number of rotatable bonds is 8. The van der Waals surface area contributed by atoms with E-state index in [1.807, 2.05) is 0 Å². The molecule has 0 saturated carbocycles. The van der Waals surface area contributed by atoms with Gasteiger partial charge in [0.25, 0.3) is 5.91 Å². The largest absolute Gasteiger partial charge is 0.479 e. The van der Waals surface area contributed by atoms with Crippen molar-refractivity contribution in [2.45, 2.75) is 13.3 Å². The number of likely N-dealkylation sites (N-methyl/N-ethyl adjacent to an activating group) is 1. The normalized spacial score (nSPS) is 10.4. The average Bonchev–Trinajstić information content (AvgIpc) is 3.20. The summed E-state index contributed by atoms with van der Waals surface area (Å²) in [6, 6.07) is 0. The van der Waals surface area contributed by atoms with Crippen molar-refractivity contribution in [3.05, 3.63) is 22.8 Å². The number of thiazole rings is 1. The summed E-state index contributed by atoms with van der Waals surface area (Å²) in [5.74, 6) is -0.988. The van der Waals surface area contributed by atoms with Crippen LogP contribution in [0, 0.1) is 0 Å². The van der Waals surface area contributed by atoms with Crippen molar-refractivity contribution < 1.29 is 23.9 Å². The number of aryl methyl sites for hydroxylation is 1. The third-order valence-electron chi connectivity index (χ3n) is 3.38. The van der Waals surface area contributed by atoms with Gasteiger partial charge in [-0.15, -0.1) is 16.4 Å². The number of carbonyl (C=O) groups excluding carboxylic acids is 3. The van der Waals surface area contributed by atoms with E-state index in [1.54, 1.807) is 19.4 Å². The number of nitrogens with zero attached hydrogens (tertiary/aromatic N) is 4. The van der Waals surface area contributed by atoms with Gasteiger partial charge in [-0.25, -0.2) is 4.98 Å². The molecule has 2 aromatic heterocycles. The van der Waals surface area contributed by atoms with E-state index >= 15 is 0 Å². The monoisotopic (exact) mass is 395 g/mol. The number of nitrogens with one attached hydrogen (secondary N) is 1. The van der Waals surface area contributed by atoms with Gasteiger partial charge < -0.3 is 19.7 Å². The molecule has 27 heavy (non-hydrogen) atoms. The van der Waals surface area contributed by atoms with E-state index in [-0.39, 0.29) is 30.4 Å². The van der Waals surface area contributed by atoms with Crippen LogP contribution in [-0.4, -0.2) is 64.8 Å². The number of hydrogen-bond acceptors (Lipinski definition) is 8. The van der Waals surface area contributed by atoms with Gasteiger partial charge in [0.05, 0.1) is 32.4 Å². The van der Waals surface area contributed by atoms with Crippen LogP contribution in [0.15, 0.2) is 11.6 Å². The molecule has 0 unspecified atom stereocenters. The van der Waals surface area contributed by atoms with Crippen molar-refractivity contribution in [1.82, 2.24) is 19.7 Å². The third-order valence-corrected chi connectivity index (χ3v) is 4.18. The molecule has 11 heteroatoms. The molecule has 0 aliphatic heterocycles. The smallest absolute Gasteiger partial charge is 0.311 e. The first-order valence-electron chi connectivity index (χ1n) is 8.07. The summed E-state index contributed by atoms with van der Waals surface area (Å²) in [5, 5.41) is 8.64. The summed E-state index contributed by atoms with van der Waals surface area (Å²) in [7, 11) is 4.59. The van der Waals surface area contributed by atoms with E-state index in [2.05, 4.69) is 15.4 Å². The van der Waals surface area contributed by atoms with Crippen LogP contribution >= 0.6 is 11.3 Å². The molecule has 0 fully saturated rings. The summed E-state index contributed by atoms with van der Waals surface area (Å²) in [4.78, 5) is 41.5. The molecule has 0 aliphatic carbocycles. The minimum Gasteiger partial charge on any atom is -0.479 e. The summed E-state index contributed by atoms with van der Waals surface area (Å²) >= 11 is 1.19. The first-order valence-corrected chi connectivity index (χ1v) is 8.95. The van der Waals surface area contributed by atoms with Crippen LogP contribution in [0.1, 0.15) is 23.0 Å². The minimum atomic E-state index is -0.411. The Labute approximate surface area is 160 Å². The van der Waals surface area contributed by atoms with Crippen LogP contribution in [0.4, 0.5) is 5.13 Å². The fourth-order valence-corrected chi connectivity index (χ4v) is 2.95. The molecule has 0 saturated heterocycles. The molecule has 10 nitrogen and oxygen atoms in total. The van der Waals surface area contributed by atoms with Gasteiger partial charge >= 0.3 is 5.97 Å². The molecule has 2 rings (SSSR count). The highest BCUT2D eigenvalue weighted by atomic mass is 32.1. The number of carbonyl (C=O) groups is 3. The summed E-state index contributed by atoms with van der Waals surface area (Å²) < 4.78 is 11.4. The summed E-state index contributed by atoms with van der Waals surface area (Å²) in [6.45, 7) is 1.85. The Hall–Kier alpha value is -2.95. The fourth-order valence-electron chi connectivity index (χ4n) is 2.22. The van der Waals surface area contributed by atoms with Crippen LogP contribution in [0.25, 0.3) is 0 Å². The topological polar surface area (TPSA) is 116 Å². The Kier molecular flexibility index (Phi) is 6.88. The molecule has 0 radical (unpaired) electrons. The molecule has 0 atom stereocenters. The van der Waals surface area contributed by atoms with E-state index in [4.69, 9.17) is 9.47 Å². The van der Waals surface area contributed by atoms with E-state index in [9.17, 15) is 14.4 Å². The number of anilines is 1. The Bertz CT molecular complexity index is 831. The highest BCUT2D eigenvalue weighted by Gasteiger charge is 2.22. The van der Waals surface area contributed by atoms with E-state index in [1.165, 1.54) is 41.3 Å². The lowest BCUT2D eigenvalue weighted by molar-refractivity contribution is -0.142. The van der Waals surface area contributed by atoms with Crippen molar-refractivity contribution >= 4 is 34.3 Å². The van der Waals surface area contributed by atoms with Gasteiger partial charge in [0.1, 0.15) is 5.56 Å². The number of amides is 2. The molecule has 0 spiro atoms. The van der Waals surface area contributed by atoms with Crippen molar-refractivity contribution in [2.75, 3.05) is 32.6 Å². The third kappa shape index (κ3) is 5.51. The average molecular weight is 395 g/mol. The zero-order valence-corrected chi connectivity index (χ0v) is 16.3. The second kappa shape index (κ2) is 9.12. The zero-order valence-electron chi connectivity index (χ0n) is 15.5. The van der Waals surface area contributed by atoms with Crippen LogP contribution in [0.5, 0.6) is 5.88 Å². The number of aromatic nitrogens is 3. The fraction of sp³-hybridized carbons (Fsp3) is 0.438. The maximum Gasteiger partial charge on any atom is 0.311 e. The molecule has 2 heterocycles. The first kappa shape index (κ1) is 20.4. The van der Waals surface area contributed by atoms with Crippen LogP contribution in [-0.2, 0) is 27.8 Å². The Balaban J connectivity index is 1.92. The van der Waals surface area contributed by atoms with Gasteiger partial charge in [-0.3, -0.25) is 19.1 Å². The van der Waals surface area contributed by atoms with Gasteiger partial charge in [-0.2, -0.15) is 0 Å². The van der Waals surface area contributed by atoms with Crippen LogP contribution in [0.2, 0.25) is 0 Å². The first-order chi connectivity index (χ1) is 12.8. The predicted octanol–water partition coefficient (Wildman–Crippen LogP) is 0.701. The van der Waals surface area contributed by atoms with Crippen molar-refractivity contribution in [1.29, 1.82) is 0 Å². The van der Waals surface area contributed by atoms with Gasteiger partial charge in [-0.05, 0) is 6.92 Å². The van der Waals surface area contributed by atoms with E-state index in [0.29, 0.717) is 17.4 Å². The van der Waals surface area contributed by atoms with Crippen LogP contribution < -0.4 is 10.1 Å². The highest BCUT2D eigenvalue weighted by molar-refractivity contribution is 7.13. The Morgan fingerprint density at radius 3 is 2.78 bits per heavy atom. The van der Waals surface area contributed by atoms with Crippen molar-refractivity contribution in [3.63, 3.8) is 0 Å². The van der Waals surface area contributed by atoms with Crippen LogP contribution in [0.3, 0.4) is 0 Å². The molecule has 1 N–H and O–H groups in total. The summed E-state index contributed by atoms with van der Waals surface area (Å²) in [5.41, 5.74) is 0.777.